The Morgan fingerprint density at radius 3 is 2.57 bits per heavy atom. The van der Waals surface area contributed by atoms with Crippen molar-refractivity contribution in [2.45, 2.75) is 24.2 Å². The van der Waals surface area contributed by atoms with Crippen molar-refractivity contribution in [2.24, 2.45) is 0 Å². The number of rotatable bonds is 8. The maximum atomic E-state index is 12.8. The zero-order valence-corrected chi connectivity index (χ0v) is 16.4. The van der Waals surface area contributed by atoms with E-state index in [0.717, 1.165) is 41.3 Å². The minimum atomic E-state index is -0.234. The molecular weight excluding hydrogens is 375 g/mol. The fraction of sp³-hybridized carbons (Fsp3) is 0.273. The van der Waals surface area contributed by atoms with Gasteiger partial charge in [-0.25, -0.2) is 4.39 Å². The van der Waals surface area contributed by atoms with Gasteiger partial charge in [0.15, 0.2) is 0 Å². The molecule has 4 nitrogen and oxygen atoms in total. The van der Waals surface area contributed by atoms with E-state index in [1.807, 2.05) is 24.3 Å². The molecule has 0 unspecified atom stereocenters. The summed E-state index contributed by atoms with van der Waals surface area (Å²) >= 11 is 1.64. The van der Waals surface area contributed by atoms with Crippen molar-refractivity contribution < 1.29 is 14.0 Å². The fourth-order valence-electron chi connectivity index (χ4n) is 2.92. The molecule has 0 aliphatic carbocycles. The van der Waals surface area contributed by atoms with Crippen molar-refractivity contribution in [1.82, 2.24) is 5.32 Å². The molecule has 146 valence electrons. The van der Waals surface area contributed by atoms with Crippen LogP contribution in [0, 0.1) is 5.82 Å². The first kappa shape index (κ1) is 20.1. The van der Waals surface area contributed by atoms with Gasteiger partial charge in [0, 0.05) is 36.2 Å². The van der Waals surface area contributed by atoms with Gasteiger partial charge in [-0.3, -0.25) is 9.59 Å². The lowest BCUT2D eigenvalue weighted by Gasteiger charge is -2.15. The van der Waals surface area contributed by atoms with Crippen molar-refractivity contribution >= 4 is 35.3 Å². The van der Waals surface area contributed by atoms with Crippen molar-refractivity contribution in [3.05, 3.63) is 66.0 Å². The van der Waals surface area contributed by atoms with Crippen LogP contribution in [0.25, 0.3) is 6.08 Å². The summed E-state index contributed by atoms with van der Waals surface area (Å²) in [5.41, 5.74) is 1.82. The van der Waals surface area contributed by atoms with Crippen molar-refractivity contribution in [3.63, 3.8) is 0 Å². The Kier molecular flexibility index (Phi) is 7.25. The number of carbonyl (C=O) groups is 2. The van der Waals surface area contributed by atoms with E-state index in [0.29, 0.717) is 13.0 Å². The van der Waals surface area contributed by atoms with Gasteiger partial charge in [0.1, 0.15) is 5.82 Å². The number of amides is 2. The molecule has 0 aromatic heterocycles. The van der Waals surface area contributed by atoms with Crippen LogP contribution >= 0.6 is 11.8 Å². The number of nitrogens with one attached hydrogen (secondary N) is 1. The third kappa shape index (κ3) is 5.96. The number of hydrogen-bond acceptors (Lipinski definition) is 3. The van der Waals surface area contributed by atoms with Crippen LogP contribution < -0.4 is 10.2 Å². The molecule has 2 aromatic rings. The summed E-state index contributed by atoms with van der Waals surface area (Å²) in [6.45, 7) is 1.36. The molecule has 0 spiro atoms. The van der Waals surface area contributed by atoms with Gasteiger partial charge in [-0.15, -0.1) is 11.8 Å². The molecule has 0 saturated carbocycles. The molecule has 1 fully saturated rings. The molecule has 1 aliphatic rings. The molecule has 1 saturated heterocycles. The van der Waals surface area contributed by atoms with Gasteiger partial charge in [-0.1, -0.05) is 12.1 Å². The predicted octanol–water partition coefficient (Wildman–Crippen LogP) is 4.26. The second-order valence-electron chi connectivity index (χ2n) is 6.52. The highest BCUT2D eigenvalue weighted by atomic mass is 32.2. The summed E-state index contributed by atoms with van der Waals surface area (Å²) in [7, 11) is 0. The molecule has 0 atom stereocenters. The number of hydrogen-bond donors (Lipinski definition) is 1. The van der Waals surface area contributed by atoms with Crippen molar-refractivity contribution in [1.29, 1.82) is 0 Å². The van der Waals surface area contributed by atoms with Crippen molar-refractivity contribution in [2.75, 3.05) is 23.7 Å². The summed E-state index contributed by atoms with van der Waals surface area (Å²) in [6, 6.07) is 14.0. The van der Waals surface area contributed by atoms with Crippen molar-refractivity contribution in [3.8, 4) is 0 Å². The quantitative estimate of drug-likeness (QED) is 0.411. The lowest BCUT2D eigenvalue weighted by Crippen LogP contribution is -2.23. The largest absolute Gasteiger partial charge is 0.353 e. The van der Waals surface area contributed by atoms with Crippen LogP contribution in [0.4, 0.5) is 10.1 Å². The molecule has 1 N–H and O–H groups in total. The number of thioether (sulfide) groups is 1. The van der Waals surface area contributed by atoms with Gasteiger partial charge in [0.05, 0.1) is 0 Å². The van der Waals surface area contributed by atoms with Crippen LogP contribution in [0.3, 0.4) is 0 Å². The Hall–Kier alpha value is -2.60. The Balaban J connectivity index is 1.36. The first-order valence-electron chi connectivity index (χ1n) is 9.36. The second kappa shape index (κ2) is 10.1. The first-order chi connectivity index (χ1) is 13.6. The number of benzene rings is 2. The van der Waals surface area contributed by atoms with Crippen LogP contribution in [0.1, 0.15) is 24.8 Å². The number of carbonyl (C=O) groups excluding carboxylic acids is 2. The number of nitrogens with zero attached hydrogens (tertiary/aromatic N) is 1. The lowest BCUT2D eigenvalue weighted by molar-refractivity contribution is -0.117. The van der Waals surface area contributed by atoms with Crippen LogP contribution in [0.5, 0.6) is 0 Å². The highest BCUT2D eigenvalue weighted by Crippen LogP contribution is 2.22. The van der Waals surface area contributed by atoms with E-state index < -0.39 is 0 Å². The smallest absolute Gasteiger partial charge is 0.243 e. The summed E-state index contributed by atoms with van der Waals surface area (Å²) in [5, 5.41) is 2.86. The lowest BCUT2D eigenvalue weighted by atomic mass is 10.2. The number of anilines is 1. The maximum absolute atomic E-state index is 12.8. The third-order valence-electron chi connectivity index (χ3n) is 4.41. The molecular formula is C22H23FN2O2S. The van der Waals surface area contributed by atoms with E-state index in [2.05, 4.69) is 5.32 Å². The average molecular weight is 399 g/mol. The average Bonchev–Trinajstić information content (AvgIpc) is 3.14. The van der Waals surface area contributed by atoms with Crippen LogP contribution in [-0.2, 0) is 9.59 Å². The van der Waals surface area contributed by atoms with E-state index in [-0.39, 0.29) is 17.6 Å². The van der Waals surface area contributed by atoms with E-state index >= 15 is 0 Å². The standard InChI is InChI=1S/C22H23FN2O2S/c23-18-7-11-20(12-8-18)28-16-2-14-24-21(26)13-6-17-4-9-19(10-5-17)25-15-1-3-22(25)27/h4-13H,1-3,14-16H2,(H,24,26)/b13-6+. The zero-order valence-electron chi connectivity index (χ0n) is 15.6. The SMILES string of the molecule is O=C(/C=C/c1ccc(N2CCCC2=O)cc1)NCCCSc1ccc(F)cc1. The maximum Gasteiger partial charge on any atom is 0.243 e. The summed E-state index contributed by atoms with van der Waals surface area (Å²) < 4.78 is 12.8. The molecule has 6 heteroatoms. The zero-order chi connectivity index (χ0) is 19.8. The van der Waals surface area contributed by atoms with Gasteiger partial charge in [0.25, 0.3) is 0 Å². The highest BCUT2D eigenvalue weighted by Gasteiger charge is 2.21. The minimum Gasteiger partial charge on any atom is -0.353 e. The summed E-state index contributed by atoms with van der Waals surface area (Å²) in [5.74, 6) is 0.653. The van der Waals surface area contributed by atoms with Crippen LogP contribution in [-0.4, -0.2) is 30.7 Å². The topological polar surface area (TPSA) is 49.4 Å². The minimum absolute atomic E-state index is 0.134. The normalized spacial score (nSPS) is 14.0. The second-order valence-corrected chi connectivity index (χ2v) is 7.69. The van der Waals surface area contributed by atoms with Gasteiger partial charge in [-0.2, -0.15) is 0 Å². The molecule has 28 heavy (non-hydrogen) atoms. The van der Waals surface area contributed by atoms with Crippen LogP contribution in [0.15, 0.2) is 59.5 Å². The van der Waals surface area contributed by atoms with Gasteiger partial charge in [0.2, 0.25) is 11.8 Å². The van der Waals surface area contributed by atoms with E-state index in [4.69, 9.17) is 0 Å². The van der Waals surface area contributed by atoms with E-state index in [9.17, 15) is 14.0 Å². The monoisotopic (exact) mass is 398 g/mol. The summed E-state index contributed by atoms with van der Waals surface area (Å²) in [6.07, 6.45) is 5.63. The molecule has 2 aromatic carbocycles. The first-order valence-corrected chi connectivity index (χ1v) is 10.3. The fourth-order valence-corrected chi connectivity index (χ4v) is 3.77. The Labute approximate surface area is 168 Å². The number of halogens is 1. The van der Waals surface area contributed by atoms with E-state index in [1.54, 1.807) is 34.9 Å². The van der Waals surface area contributed by atoms with Gasteiger partial charge in [-0.05, 0) is 66.6 Å². The van der Waals surface area contributed by atoms with Gasteiger partial charge < -0.3 is 10.2 Å². The van der Waals surface area contributed by atoms with Crippen LogP contribution in [0.2, 0.25) is 0 Å². The Morgan fingerprint density at radius 1 is 1.14 bits per heavy atom. The van der Waals surface area contributed by atoms with E-state index in [1.165, 1.54) is 18.2 Å². The van der Waals surface area contributed by atoms with Gasteiger partial charge >= 0.3 is 0 Å². The summed E-state index contributed by atoms with van der Waals surface area (Å²) in [4.78, 5) is 26.5. The molecule has 1 aliphatic heterocycles. The molecule has 0 radical (unpaired) electrons. The predicted molar refractivity (Wildman–Crippen MR) is 112 cm³/mol. The third-order valence-corrected chi connectivity index (χ3v) is 5.51. The molecule has 3 rings (SSSR count). The Bertz CT molecular complexity index is 835. The Morgan fingerprint density at radius 2 is 1.89 bits per heavy atom. The molecule has 0 bridgehead atoms. The molecule has 2 amide bonds. The molecule has 1 heterocycles. The highest BCUT2D eigenvalue weighted by molar-refractivity contribution is 7.99.